The highest BCUT2D eigenvalue weighted by Gasteiger charge is 2.47. The molecule has 1 aliphatic heterocycles. The van der Waals surface area contributed by atoms with Gasteiger partial charge < -0.3 is 9.84 Å². The first-order chi connectivity index (χ1) is 17.0. The number of aryl methyl sites for hydroxylation is 1. The molecule has 5 rings (SSSR count). The second-order valence-electron chi connectivity index (χ2n) is 8.20. The maximum absolute atomic E-state index is 13.1. The molecular formula is C28H22N2O4S. The Morgan fingerprint density at radius 3 is 2.49 bits per heavy atom. The molecule has 35 heavy (non-hydrogen) atoms. The van der Waals surface area contributed by atoms with Crippen LogP contribution in [-0.2, 0) is 16.2 Å². The van der Waals surface area contributed by atoms with Gasteiger partial charge in [-0.2, -0.15) is 0 Å². The van der Waals surface area contributed by atoms with Gasteiger partial charge in [-0.1, -0.05) is 60.2 Å². The Labute approximate surface area is 206 Å². The number of hydrogen-bond donors (Lipinski definition) is 1. The van der Waals surface area contributed by atoms with Crippen molar-refractivity contribution < 1.29 is 19.4 Å². The number of nitrogens with zero attached hydrogens (tertiary/aromatic N) is 2. The van der Waals surface area contributed by atoms with E-state index in [4.69, 9.17) is 4.74 Å². The number of hydrogen-bond acceptors (Lipinski definition) is 6. The van der Waals surface area contributed by atoms with Gasteiger partial charge in [-0.15, -0.1) is 11.3 Å². The lowest BCUT2D eigenvalue weighted by Crippen LogP contribution is -2.29. The van der Waals surface area contributed by atoms with E-state index in [1.165, 1.54) is 16.2 Å². The van der Waals surface area contributed by atoms with E-state index < -0.39 is 17.7 Å². The molecule has 174 valence electrons. The number of aliphatic hydroxyl groups is 1. The smallest absolute Gasteiger partial charge is 0.301 e. The molecular weight excluding hydrogens is 460 g/mol. The van der Waals surface area contributed by atoms with Crippen molar-refractivity contribution >= 4 is 33.9 Å². The fourth-order valence-electron chi connectivity index (χ4n) is 4.15. The van der Waals surface area contributed by atoms with Gasteiger partial charge in [-0.25, -0.2) is 4.98 Å². The van der Waals surface area contributed by atoms with Crippen LogP contribution in [0.15, 0.2) is 96.0 Å². The van der Waals surface area contributed by atoms with E-state index >= 15 is 0 Å². The van der Waals surface area contributed by atoms with Gasteiger partial charge in [0.1, 0.15) is 18.1 Å². The average molecular weight is 483 g/mol. The Balaban J connectivity index is 1.47. The van der Waals surface area contributed by atoms with E-state index in [9.17, 15) is 14.7 Å². The Hall–Kier alpha value is -4.23. The predicted molar refractivity (Wildman–Crippen MR) is 135 cm³/mol. The Kier molecular flexibility index (Phi) is 6.16. The Bertz CT molecular complexity index is 1400. The third-order valence-corrected chi connectivity index (χ3v) is 6.57. The van der Waals surface area contributed by atoms with Crippen LogP contribution in [0.25, 0.3) is 5.76 Å². The Morgan fingerprint density at radius 1 is 1.03 bits per heavy atom. The number of Topliss-reactive ketones (excluding diaryl/α,β-unsaturated/α-hetero) is 1. The molecule has 1 fully saturated rings. The molecule has 6 nitrogen and oxygen atoms in total. The summed E-state index contributed by atoms with van der Waals surface area (Å²) in [5.74, 6) is -1.06. The molecule has 1 aromatic heterocycles. The lowest BCUT2D eigenvalue weighted by Gasteiger charge is -2.22. The summed E-state index contributed by atoms with van der Waals surface area (Å²) in [6.07, 6.45) is 1.58. The van der Waals surface area contributed by atoms with Gasteiger partial charge in [0.15, 0.2) is 5.13 Å². The molecule has 4 aromatic rings. The second kappa shape index (κ2) is 9.56. The van der Waals surface area contributed by atoms with E-state index in [0.717, 1.165) is 11.1 Å². The number of benzene rings is 3. The highest BCUT2D eigenvalue weighted by atomic mass is 32.1. The molecule has 1 atom stereocenters. The maximum Gasteiger partial charge on any atom is 0.301 e. The summed E-state index contributed by atoms with van der Waals surface area (Å²) in [6, 6.07) is 23.3. The van der Waals surface area contributed by atoms with Crippen molar-refractivity contribution in [1.29, 1.82) is 0 Å². The van der Waals surface area contributed by atoms with Gasteiger partial charge in [0.05, 0.1) is 11.6 Å². The van der Waals surface area contributed by atoms with Crippen molar-refractivity contribution in [3.63, 3.8) is 0 Å². The quantitative estimate of drug-likeness (QED) is 0.218. The lowest BCUT2D eigenvalue weighted by molar-refractivity contribution is -0.132. The zero-order chi connectivity index (χ0) is 24.4. The fraction of sp³-hybridized carbons (Fsp3) is 0.107. The molecule has 1 aliphatic rings. The van der Waals surface area contributed by atoms with Crippen LogP contribution in [-0.4, -0.2) is 21.8 Å². The van der Waals surface area contributed by atoms with Gasteiger partial charge in [0, 0.05) is 17.1 Å². The van der Waals surface area contributed by atoms with E-state index in [-0.39, 0.29) is 11.3 Å². The first-order valence-electron chi connectivity index (χ1n) is 11.1. The SMILES string of the molecule is Cc1cccc(COc2ccc(C(O)=C3C(=O)C(=O)N(c4nccs4)C3c3ccccc3)cc2)c1. The van der Waals surface area contributed by atoms with Gasteiger partial charge in [0.2, 0.25) is 0 Å². The number of rotatable bonds is 6. The minimum atomic E-state index is -0.778. The van der Waals surface area contributed by atoms with Gasteiger partial charge in [0.25, 0.3) is 5.78 Å². The molecule has 0 spiro atoms. The van der Waals surface area contributed by atoms with E-state index in [1.807, 2.05) is 55.5 Å². The summed E-state index contributed by atoms with van der Waals surface area (Å²) < 4.78 is 5.87. The molecule has 0 aliphatic carbocycles. The summed E-state index contributed by atoms with van der Waals surface area (Å²) >= 11 is 1.26. The molecule has 1 unspecified atom stereocenters. The number of ketones is 1. The highest BCUT2D eigenvalue weighted by molar-refractivity contribution is 7.14. The van der Waals surface area contributed by atoms with Gasteiger partial charge in [-0.3, -0.25) is 14.5 Å². The van der Waals surface area contributed by atoms with E-state index in [1.54, 1.807) is 35.8 Å². The van der Waals surface area contributed by atoms with Crippen molar-refractivity contribution in [3.8, 4) is 5.75 Å². The summed E-state index contributed by atoms with van der Waals surface area (Å²) in [4.78, 5) is 31.7. The largest absolute Gasteiger partial charge is 0.507 e. The van der Waals surface area contributed by atoms with Gasteiger partial charge >= 0.3 is 5.91 Å². The van der Waals surface area contributed by atoms with Crippen molar-refractivity contribution in [1.82, 2.24) is 4.98 Å². The second-order valence-corrected chi connectivity index (χ2v) is 9.07. The van der Waals surface area contributed by atoms with Crippen LogP contribution in [0, 0.1) is 6.92 Å². The maximum atomic E-state index is 13.1. The molecule has 2 heterocycles. The van der Waals surface area contributed by atoms with Crippen molar-refractivity contribution in [2.75, 3.05) is 4.90 Å². The predicted octanol–water partition coefficient (Wildman–Crippen LogP) is 5.66. The van der Waals surface area contributed by atoms with E-state index in [0.29, 0.717) is 28.6 Å². The fourth-order valence-corrected chi connectivity index (χ4v) is 4.82. The normalized spacial score (nSPS) is 17.1. The first-order valence-corrected chi connectivity index (χ1v) is 11.9. The molecule has 0 radical (unpaired) electrons. The van der Waals surface area contributed by atoms with Crippen molar-refractivity contribution in [3.05, 3.63) is 118 Å². The van der Waals surface area contributed by atoms with Crippen LogP contribution >= 0.6 is 11.3 Å². The van der Waals surface area contributed by atoms with Crippen LogP contribution in [0.5, 0.6) is 5.75 Å². The lowest BCUT2D eigenvalue weighted by atomic mass is 9.95. The number of carbonyl (C=O) groups excluding carboxylic acids is 2. The van der Waals surface area contributed by atoms with Crippen LogP contribution in [0.1, 0.15) is 28.3 Å². The number of thiazole rings is 1. The number of aromatic nitrogens is 1. The summed E-state index contributed by atoms with van der Waals surface area (Å²) in [6.45, 7) is 2.45. The van der Waals surface area contributed by atoms with Crippen molar-refractivity contribution in [2.24, 2.45) is 0 Å². The zero-order valence-electron chi connectivity index (χ0n) is 18.9. The zero-order valence-corrected chi connectivity index (χ0v) is 19.7. The number of ether oxygens (including phenoxy) is 1. The van der Waals surface area contributed by atoms with E-state index in [2.05, 4.69) is 11.1 Å². The molecule has 0 bridgehead atoms. The average Bonchev–Trinajstić information content (AvgIpc) is 3.50. The molecule has 1 N–H and O–H groups in total. The van der Waals surface area contributed by atoms with Crippen LogP contribution in [0.4, 0.5) is 5.13 Å². The molecule has 1 amide bonds. The summed E-state index contributed by atoms with van der Waals surface area (Å²) in [5.41, 5.74) is 3.38. The monoisotopic (exact) mass is 482 g/mol. The number of carbonyl (C=O) groups is 2. The number of anilines is 1. The number of aliphatic hydroxyl groups excluding tert-OH is 1. The molecule has 7 heteroatoms. The minimum Gasteiger partial charge on any atom is -0.507 e. The molecule has 0 saturated carbocycles. The van der Waals surface area contributed by atoms with Crippen LogP contribution in [0.2, 0.25) is 0 Å². The summed E-state index contributed by atoms with van der Waals surface area (Å²) in [5, 5.41) is 13.4. The van der Waals surface area contributed by atoms with Crippen LogP contribution < -0.4 is 9.64 Å². The Morgan fingerprint density at radius 2 is 1.80 bits per heavy atom. The summed E-state index contributed by atoms with van der Waals surface area (Å²) in [7, 11) is 0. The highest BCUT2D eigenvalue weighted by Crippen LogP contribution is 2.42. The molecule has 1 saturated heterocycles. The number of amides is 1. The standard InChI is InChI=1S/C28H22N2O4S/c1-18-6-5-7-19(16-18)17-34-22-12-10-21(11-13-22)25(31)23-24(20-8-3-2-4-9-20)30(27(33)26(23)32)28-29-14-15-35-28/h2-16,24,31H,17H2,1H3. The first kappa shape index (κ1) is 22.6. The third-order valence-electron chi connectivity index (χ3n) is 5.80. The van der Waals surface area contributed by atoms with Crippen molar-refractivity contribution in [2.45, 2.75) is 19.6 Å². The van der Waals surface area contributed by atoms with Crippen LogP contribution in [0.3, 0.4) is 0 Å². The topological polar surface area (TPSA) is 79.7 Å². The minimum absolute atomic E-state index is 0.0322. The molecule has 3 aromatic carbocycles. The third kappa shape index (κ3) is 4.46. The van der Waals surface area contributed by atoms with Gasteiger partial charge in [-0.05, 0) is 42.3 Å².